The van der Waals surface area contributed by atoms with Gasteiger partial charge in [0.1, 0.15) is 0 Å². The van der Waals surface area contributed by atoms with Crippen LogP contribution in [0, 0.1) is 0 Å². The summed E-state index contributed by atoms with van der Waals surface area (Å²) < 4.78 is 9.57. The third kappa shape index (κ3) is 13.4. The highest BCUT2D eigenvalue weighted by Crippen LogP contribution is 2.53. The minimum absolute atomic E-state index is 0.616. The van der Waals surface area contributed by atoms with Crippen LogP contribution in [0.3, 0.4) is 0 Å². The Balaban J connectivity index is 0.000000141. The number of nitrogens with zero attached hydrogens (tertiary/aromatic N) is 8. The Hall–Kier alpha value is -16.9. The summed E-state index contributed by atoms with van der Waals surface area (Å²) in [5, 5.41) is 12.3. The zero-order valence-corrected chi connectivity index (χ0v) is 72.4. The van der Waals surface area contributed by atoms with Gasteiger partial charge < -0.3 is 13.7 Å². The van der Waals surface area contributed by atoms with E-state index in [9.17, 15) is 0 Å². The fourth-order valence-electron chi connectivity index (χ4n) is 19.6. The highest BCUT2D eigenvalue weighted by Gasteiger charge is 2.27. The van der Waals surface area contributed by atoms with E-state index in [-0.39, 0.29) is 0 Å². The molecule has 0 bridgehead atoms. The highest BCUT2D eigenvalue weighted by molar-refractivity contribution is 7.24. The van der Waals surface area contributed by atoms with Gasteiger partial charge in [-0.3, -0.25) is 0 Å². The fraction of sp³-hybridized carbons (Fsp3) is 0. The molecule has 26 aromatic rings. The Labute approximate surface area is 763 Å². The summed E-state index contributed by atoms with van der Waals surface area (Å²) in [6.45, 7) is 0. The van der Waals surface area contributed by atoms with Crippen molar-refractivity contribution in [3.05, 3.63) is 461 Å². The third-order valence-electron chi connectivity index (χ3n) is 25.6. The fourth-order valence-corrected chi connectivity index (χ4v) is 22.3. The molecule has 26 rings (SSSR count). The maximum atomic E-state index is 5.43. The Kier molecular flexibility index (Phi) is 18.8. The van der Waals surface area contributed by atoms with E-state index in [2.05, 4.69) is 444 Å². The van der Waals surface area contributed by atoms with Crippen molar-refractivity contribution in [2.45, 2.75) is 0 Å². The third-order valence-corrected chi connectivity index (χ3v) is 28.1. The lowest BCUT2D eigenvalue weighted by Crippen LogP contribution is -2.01. The Morgan fingerprint density at radius 3 is 0.794 bits per heavy atom. The molecule has 612 valence electrons. The first-order valence-corrected chi connectivity index (χ1v) is 45.9. The molecule has 0 aliphatic rings. The second kappa shape index (κ2) is 32.2. The molecule has 0 radical (unpaired) electrons. The summed E-state index contributed by atoms with van der Waals surface area (Å²) in [6.07, 6.45) is 0. The number of benzene rings is 18. The van der Waals surface area contributed by atoms with Crippen LogP contribution in [0.4, 0.5) is 0 Å². The molecule has 8 nitrogen and oxygen atoms in total. The van der Waals surface area contributed by atoms with Gasteiger partial charge in [0, 0.05) is 120 Å². The average Bonchev–Trinajstić information content (AvgIpc) is 1.60. The lowest BCUT2D eigenvalue weighted by molar-refractivity contribution is 1.07. The second-order valence-electron chi connectivity index (χ2n) is 33.2. The predicted octanol–water partition coefficient (Wildman–Crippen LogP) is 32.7. The zero-order valence-electron chi connectivity index (χ0n) is 70.8. The molecule has 0 saturated heterocycles. The van der Waals surface area contributed by atoms with Crippen molar-refractivity contribution in [2.75, 3.05) is 0 Å². The molecule has 0 atom stereocenters. The van der Waals surface area contributed by atoms with Crippen molar-refractivity contribution in [3.8, 4) is 139 Å². The highest BCUT2D eigenvalue weighted by atomic mass is 32.1. The van der Waals surface area contributed by atoms with Gasteiger partial charge in [-0.2, -0.15) is 0 Å². The second-order valence-corrected chi connectivity index (χ2v) is 35.3. The molecule has 10 heteroatoms. The van der Waals surface area contributed by atoms with Crippen LogP contribution in [-0.2, 0) is 0 Å². The number of para-hydroxylation sites is 8. The molecule has 0 fully saturated rings. The van der Waals surface area contributed by atoms with Crippen LogP contribution in [0.25, 0.3) is 247 Å². The molecule has 0 aliphatic carbocycles. The SMILES string of the molecule is c1ccc(-c2nc(-c3ccc(-c4ccc(-c5nc6ccccc6c6c(-c7ccccc7)c(-c7ccccc7)sc56)cc4)cc3)nc(-c3cccc(-n4c5ccccc5c5ccccc54)c3)n2)cc1.c1ccc(-c2sc3c(-c4ccc(-c5cc(-n6c7ccccc7c7ccccc76)cc(-n6c7ccccc7c7ccccc76)c5)cc4)nc4ccccc4c3c2-c2ccccc2)cc1. The lowest BCUT2D eigenvalue weighted by atomic mass is 9.95. The molecule has 0 spiro atoms. The largest absolute Gasteiger partial charge is 0.309 e. The molecule has 0 saturated carbocycles. The van der Waals surface area contributed by atoms with Crippen molar-refractivity contribution in [2.24, 2.45) is 0 Å². The Morgan fingerprint density at radius 2 is 0.427 bits per heavy atom. The Morgan fingerprint density at radius 1 is 0.168 bits per heavy atom. The molecule has 0 N–H and O–H groups in total. The number of fused-ring (bicyclic) bond motifs is 15. The number of rotatable bonds is 14. The first-order chi connectivity index (χ1) is 65.0. The molecular formula is C121H76N8S2. The van der Waals surface area contributed by atoms with E-state index in [1.165, 1.54) is 123 Å². The van der Waals surface area contributed by atoms with Gasteiger partial charge in [-0.1, -0.05) is 382 Å². The van der Waals surface area contributed by atoms with Gasteiger partial charge in [-0.25, -0.2) is 24.9 Å². The minimum atomic E-state index is 0.616. The van der Waals surface area contributed by atoms with E-state index >= 15 is 0 Å². The van der Waals surface area contributed by atoms with Crippen LogP contribution >= 0.6 is 22.7 Å². The van der Waals surface area contributed by atoms with Crippen LogP contribution in [0.15, 0.2) is 461 Å². The van der Waals surface area contributed by atoms with Gasteiger partial charge in [0.05, 0.1) is 64.9 Å². The summed E-state index contributed by atoms with van der Waals surface area (Å²) in [5.41, 5.74) is 31.1. The number of hydrogen-bond acceptors (Lipinski definition) is 7. The van der Waals surface area contributed by atoms with E-state index in [1.807, 2.05) is 53.0 Å². The number of hydrogen-bond donors (Lipinski definition) is 0. The van der Waals surface area contributed by atoms with Crippen molar-refractivity contribution in [1.29, 1.82) is 0 Å². The molecular weight excluding hydrogens is 1630 g/mol. The van der Waals surface area contributed by atoms with E-state index < -0.39 is 0 Å². The molecule has 131 heavy (non-hydrogen) atoms. The molecule has 0 unspecified atom stereocenters. The monoisotopic (exact) mass is 1700 g/mol. The number of thiophene rings is 2. The molecule has 8 aromatic heterocycles. The first kappa shape index (κ1) is 76.5. The number of aromatic nitrogens is 8. The van der Waals surface area contributed by atoms with Gasteiger partial charge in [-0.05, 0) is 123 Å². The standard InChI is InChI=1S/C62H39N5S.C59H37N3S/c1-4-17-42(18-5-1)55-56-51-27-10-13-28-52(51)63-57(59(56)68-58(55)44-19-6-2-7-20-44)43-35-31-40(32-36-43)41-33-37-46(38-34-41)61-64-60(45-21-8-3-9-22-45)65-62(66-61)47-23-16-24-48(39-47)67-53-29-14-11-25-49(53)50-26-12-15-30-54(50)67;1-3-17-39(18-4-1)55-56-49-25-7-12-26-50(49)60-57(59(56)63-58(55)41-19-5-2-6-20-41)40-33-31-38(32-34-40)42-35-43(61-51-27-13-8-21-45(51)46-22-9-14-28-52(46)61)37-44(36-42)62-53-29-15-10-23-47(53)48-24-11-16-30-54(48)62/h1-39H;1-37H. The lowest BCUT2D eigenvalue weighted by Gasteiger charge is -2.16. The molecule has 8 heterocycles. The normalized spacial score (nSPS) is 11.7. The summed E-state index contributed by atoms with van der Waals surface area (Å²) in [6, 6.07) is 165. The van der Waals surface area contributed by atoms with Gasteiger partial charge >= 0.3 is 0 Å². The van der Waals surface area contributed by atoms with E-state index in [0.717, 1.165) is 106 Å². The molecule has 0 amide bonds. The summed E-state index contributed by atoms with van der Waals surface area (Å²) in [5.74, 6) is 1.86. The number of pyridine rings is 2. The minimum Gasteiger partial charge on any atom is -0.309 e. The average molecular weight is 1710 g/mol. The van der Waals surface area contributed by atoms with Gasteiger partial charge in [0.15, 0.2) is 17.5 Å². The van der Waals surface area contributed by atoms with Crippen LogP contribution in [-0.4, -0.2) is 38.6 Å². The molecule has 18 aromatic carbocycles. The van der Waals surface area contributed by atoms with E-state index in [4.69, 9.17) is 24.9 Å². The molecule has 0 aliphatic heterocycles. The Bertz CT molecular complexity index is 8640. The van der Waals surface area contributed by atoms with Crippen molar-refractivity contribution < 1.29 is 0 Å². The van der Waals surface area contributed by atoms with Crippen LogP contribution in [0.5, 0.6) is 0 Å². The van der Waals surface area contributed by atoms with Crippen LogP contribution in [0.1, 0.15) is 0 Å². The van der Waals surface area contributed by atoms with Crippen molar-refractivity contribution in [3.63, 3.8) is 0 Å². The summed E-state index contributed by atoms with van der Waals surface area (Å²) >= 11 is 3.67. The summed E-state index contributed by atoms with van der Waals surface area (Å²) in [7, 11) is 0. The van der Waals surface area contributed by atoms with Crippen LogP contribution < -0.4 is 0 Å². The smallest absolute Gasteiger partial charge is 0.164 e. The van der Waals surface area contributed by atoms with Crippen molar-refractivity contribution >= 4 is 130 Å². The predicted molar refractivity (Wildman–Crippen MR) is 550 cm³/mol. The summed E-state index contributed by atoms with van der Waals surface area (Å²) in [4.78, 5) is 28.6. The van der Waals surface area contributed by atoms with E-state index in [1.54, 1.807) is 0 Å². The van der Waals surface area contributed by atoms with E-state index in [0.29, 0.717) is 17.5 Å². The first-order valence-electron chi connectivity index (χ1n) is 44.3. The van der Waals surface area contributed by atoms with Gasteiger partial charge in [0.25, 0.3) is 0 Å². The maximum Gasteiger partial charge on any atom is 0.164 e. The topological polar surface area (TPSA) is 79.2 Å². The quantitative estimate of drug-likeness (QED) is 0.108. The zero-order chi connectivity index (χ0) is 86.4. The van der Waals surface area contributed by atoms with Gasteiger partial charge in [0.2, 0.25) is 0 Å². The van der Waals surface area contributed by atoms with Crippen molar-refractivity contribution in [1.82, 2.24) is 38.6 Å². The van der Waals surface area contributed by atoms with Crippen LogP contribution in [0.2, 0.25) is 0 Å². The van der Waals surface area contributed by atoms with Gasteiger partial charge in [-0.15, -0.1) is 22.7 Å². The maximum absolute atomic E-state index is 5.43.